The van der Waals surface area contributed by atoms with Gasteiger partial charge in [-0.2, -0.15) is 10.2 Å². The fraction of sp³-hybridized carbons (Fsp3) is 0.778. The van der Waals surface area contributed by atoms with Gasteiger partial charge in [0, 0.05) is 57.8 Å². The van der Waals surface area contributed by atoms with Gasteiger partial charge in [0.1, 0.15) is 0 Å². The van der Waals surface area contributed by atoms with E-state index in [1.54, 1.807) is 0 Å². The Hall–Kier alpha value is -1.90. The van der Waals surface area contributed by atoms with E-state index in [4.69, 9.17) is 6.42 Å². The minimum atomic E-state index is -0.377. The van der Waals surface area contributed by atoms with Gasteiger partial charge in [-0.3, -0.25) is 9.59 Å². The Balaban J connectivity index is 1.45. The van der Waals surface area contributed by atoms with Gasteiger partial charge in [-0.05, 0) is 25.7 Å². The molecule has 0 aromatic heterocycles. The van der Waals surface area contributed by atoms with E-state index >= 15 is 0 Å². The SMILES string of the molecule is C#CCCC1(CCC(=O)N2CCCC(N3CCCC3=O)CC2)N=N1. The molecular weight excluding hydrogens is 304 g/mol. The molecule has 130 valence electrons. The number of rotatable bonds is 6. The topological polar surface area (TPSA) is 65.3 Å². The highest BCUT2D eigenvalue weighted by atomic mass is 16.2. The van der Waals surface area contributed by atoms with E-state index in [1.165, 1.54) is 0 Å². The van der Waals surface area contributed by atoms with Crippen LogP contribution < -0.4 is 0 Å². The molecule has 2 amide bonds. The first kappa shape index (κ1) is 16.9. The molecule has 0 bridgehead atoms. The Labute approximate surface area is 143 Å². The molecule has 1 unspecified atom stereocenters. The van der Waals surface area contributed by atoms with Gasteiger partial charge >= 0.3 is 0 Å². The van der Waals surface area contributed by atoms with Crippen LogP contribution in [0.5, 0.6) is 0 Å². The zero-order valence-corrected chi connectivity index (χ0v) is 14.2. The zero-order valence-electron chi connectivity index (χ0n) is 14.2. The first-order valence-electron chi connectivity index (χ1n) is 9.08. The molecule has 0 N–H and O–H groups in total. The number of hydrogen-bond donors (Lipinski definition) is 0. The molecule has 0 radical (unpaired) electrons. The van der Waals surface area contributed by atoms with Crippen LogP contribution in [0.1, 0.15) is 57.8 Å². The van der Waals surface area contributed by atoms with Gasteiger partial charge < -0.3 is 9.80 Å². The molecule has 2 saturated heterocycles. The molecule has 0 spiro atoms. The Morgan fingerprint density at radius 1 is 1.21 bits per heavy atom. The first-order chi connectivity index (χ1) is 11.6. The van der Waals surface area contributed by atoms with Crippen LogP contribution in [0.2, 0.25) is 0 Å². The van der Waals surface area contributed by atoms with Crippen molar-refractivity contribution in [2.24, 2.45) is 10.2 Å². The average Bonchev–Trinajstić information content (AvgIpc) is 3.30. The maximum absolute atomic E-state index is 12.5. The summed E-state index contributed by atoms with van der Waals surface area (Å²) in [7, 11) is 0. The van der Waals surface area contributed by atoms with Crippen molar-refractivity contribution in [2.45, 2.75) is 69.5 Å². The van der Waals surface area contributed by atoms with Gasteiger partial charge in [0.05, 0.1) is 0 Å². The largest absolute Gasteiger partial charge is 0.343 e. The van der Waals surface area contributed by atoms with Gasteiger partial charge in [-0.15, -0.1) is 12.3 Å². The van der Waals surface area contributed by atoms with Crippen molar-refractivity contribution < 1.29 is 9.59 Å². The van der Waals surface area contributed by atoms with E-state index in [0.717, 1.165) is 51.7 Å². The van der Waals surface area contributed by atoms with Gasteiger partial charge in [-0.1, -0.05) is 0 Å². The molecule has 3 aliphatic heterocycles. The molecule has 24 heavy (non-hydrogen) atoms. The normalized spacial score (nSPS) is 25.5. The number of carbonyl (C=O) groups is 2. The number of amides is 2. The predicted octanol–water partition coefficient (Wildman–Crippen LogP) is 2.35. The van der Waals surface area contributed by atoms with Crippen LogP contribution in [0.15, 0.2) is 10.2 Å². The summed E-state index contributed by atoms with van der Waals surface area (Å²) in [6.07, 6.45) is 12.4. The highest BCUT2D eigenvalue weighted by molar-refractivity contribution is 5.78. The zero-order chi connectivity index (χ0) is 17.0. The molecule has 0 aromatic rings. The molecule has 0 aliphatic carbocycles. The second kappa shape index (κ2) is 7.33. The smallest absolute Gasteiger partial charge is 0.222 e. The fourth-order valence-corrected chi connectivity index (χ4v) is 3.83. The lowest BCUT2D eigenvalue weighted by Gasteiger charge is -2.27. The molecule has 3 rings (SSSR count). The minimum absolute atomic E-state index is 0.181. The molecule has 2 fully saturated rings. The minimum Gasteiger partial charge on any atom is -0.343 e. The molecular formula is C18H26N4O2. The number of carbonyl (C=O) groups excluding carboxylic acids is 2. The Morgan fingerprint density at radius 2 is 2.04 bits per heavy atom. The summed E-state index contributed by atoms with van der Waals surface area (Å²) in [6.45, 7) is 2.43. The van der Waals surface area contributed by atoms with Crippen molar-refractivity contribution in [1.29, 1.82) is 0 Å². The van der Waals surface area contributed by atoms with Crippen LogP contribution in [0.4, 0.5) is 0 Å². The lowest BCUT2D eigenvalue weighted by atomic mass is 10.0. The van der Waals surface area contributed by atoms with E-state index in [2.05, 4.69) is 16.1 Å². The van der Waals surface area contributed by atoms with E-state index < -0.39 is 0 Å². The predicted molar refractivity (Wildman–Crippen MR) is 90.1 cm³/mol. The first-order valence-corrected chi connectivity index (χ1v) is 9.08. The van der Waals surface area contributed by atoms with Crippen LogP contribution in [0.3, 0.4) is 0 Å². The Kier molecular flexibility index (Phi) is 5.17. The highest BCUT2D eigenvalue weighted by Crippen LogP contribution is 2.37. The third-order valence-corrected chi connectivity index (χ3v) is 5.39. The molecule has 6 nitrogen and oxygen atoms in total. The van der Waals surface area contributed by atoms with Crippen molar-refractivity contribution in [2.75, 3.05) is 19.6 Å². The summed E-state index contributed by atoms with van der Waals surface area (Å²) >= 11 is 0. The molecule has 3 heterocycles. The van der Waals surface area contributed by atoms with E-state index in [-0.39, 0.29) is 17.5 Å². The molecule has 1 atom stereocenters. The maximum Gasteiger partial charge on any atom is 0.222 e. The molecule has 3 aliphatic rings. The summed E-state index contributed by atoms with van der Waals surface area (Å²) in [6, 6.07) is 0.313. The van der Waals surface area contributed by atoms with Gasteiger partial charge in [-0.25, -0.2) is 0 Å². The van der Waals surface area contributed by atoms with Crippen LogP contribution >= 0.6 is 0 Å². The van der Waals surface area contributed by atoms with Crippen molar-refractivity contribution >= 4 is 11.8 Å². The maximum atomic E-state index is 12.5. The number of terminal acetylenes is 1. The van der Waals surface area contributed by atoms with Crippen molar-refractivity contribution in [1.82, 2.24) is 9.80 Å². The van der Waals surface area contributed by atoms with Crippen LogP contribution in [0.25, 0.3) is 0 Å². The third-order valence-electron chi connectivity index (χ3n) is 5.39. The standard InChI is InChI=1S/C18H26N4O2/c1-2-3-10-18(19-20-18)11-8-16(23)21-12-4-6-15(9-14-21)22-13-5-7-17(22)24/h1,15H,3-14H2. The van der Waals surface area contributed by atoms with E-state index in [0.29, 0.717) is 31.7 Å². The second-order valence-corrected chi connectivity index (χ2v) is 7.04. The third kappa shape index (κ3) is 3.95. The quantitative estimate of drug-likeness (QED) is 0.702. The van der Waals surface area contributed by atoms with Crippen LogP contribution in [-0.4, -0.2) is 53.0 Å². The molecule has 6 heteroatoms. The Bertz CT molecular complexity index is 560. The van der Waals surface area contributed by atoms with Crippen LogP contribution in [-0.2, 0) is 9.59 Å². The summed E-state index contributed by atoms with van der Waals surface area (Å²) in [5.41, 5.74) is -0.377. The molecule has 0 saturated carbocycles. The van der Waals surface area contributed by atoms with Crippen molar-refractivity contribution in [3.8, 4) is 12.3 Å². The van der Waals surface area contributed by atoms with E-state index in [9.17, 15) is 9.59 Å². The summed E-state index contributed by atoms with van der Waals surface area (Å²) in [4.78, 5) is 28.4. The monoisotopic (exact) mass is 330 g/mol. The lowest BCUT2D eigenvalue weighted by Crippen LogP contribution is -2.38. The van der Waals surface area contributed by atoms with Gasteiger partial charge in [0.15, 0.2) is 5.66 Å². The van der Waals surface area contributed by atoms with Gasteiger partial charge in [0.2, 0.25) is 11.8 Å². The number of hydrogen-bond acceptors (Lipinski definition) is 4. The average molecular weight is 330 g/mol. The lowest BCUT2D eigenvalue weighted by molar-refractivity contribution is -0.131. The molecule has 0 aromatic carbocycles. The van der Waals surface area contributed by atoms with Crippen molar-refractivity contribution in [3.05, 3.63) is 0 Å². The number of nitrogens with zero attached hydrogens (tertiary/aromatic N) is 4. The van der Waals surface area contributed by atoms with Gasteiger partial charge in [0.25, 0.3) is 0 Å². The summed E-state index contributed by atoms with van der Waals surface area (Å²) < 4.78 is 0. The highest BCUT2D eigenvalue weighted by Gasteiger charge is 2.39. The summed E-state index contributed by atoms with van der Waals surface area (Å²) in [5, 5.41) is 8.19. The second-order valence-electron chi connectivity index (χ2n) is 7.04. The number of likely N-dealkylation sites (tertiary alicyclic amines) is 2. The van der Waals surface area contributed by atoms with Crippen molar-refractivity contribution in [3.63, 3.8) is 0 Å². The summed E-state index contributed by atoms with van der Waals surface area (Å²) in [5.74, 6) is 3.08. The Morgan fingerprint density at radius 3 is 2.71 bits per heavy atom. The van der Waals surface area contributed by atoms with Crippen LogP contribution in [0, 0.1) is 12.3 Å². The van der Waals surface area contributed by atoms with E-state index in [1.807, 2.05) is 9.80 Å². The fourth-order valence-electron chi connectivity index (χ4n) is 3.83.